The van der Waals surface area contributed by atoms with Gasteiger partial charge >= 0.3 is 0 Å². The van der Waals surface area contributed by atoms with Gasteiger partial charge in [0, 0.05) is 45.8 Å². The van der Waals surface area contributed by atoms with Crippen LogP contribution in [0.4, 0.5) is 0 Å². The molecule has 0 saturated carbocycles. The Kier molecular flexibility index (Phi) is 3.30. The first-order chi connectivity index (χ1) is 4.41. The van der Waals surface area contributed by atoms with Gasteiger partial charge in [-0.05, 0) is 5.41 Å². The molecular formula is C7H13N2Y-. The van der Waals surface area contributed by atoms with Gasteiger partial charge in [0.05, 0.1) is 0 Å². The quantitative estimate of drug-likeness (QED) is 0.632. The average molecular weight is 214 g/mol. The second kappa shape index (κ2) is 3.62. The molecule has 2 aliphatic rings. The number of hydrogen-bond acceptors (Lipinski definition) is 1. The van der Waals surface area contributed by atoms with Crippen molar-refractivity contribution in [2.75, 3.05) is 26.2 Å². The van der Waals surface area contributed by atoms with Gasteiger partial charge in [-0.3, -0.25) is 0 Å². The van der Waals surface area contributed by atoms with Crippen LogP contribution in [-0.2, 0) is 32.7 Å². The molecule has 0 aromatic carbocycles. The van der Waals surface area contributed by atoms with E-state index in [-0.39, 0.29) is 32.7 Å². The third-order valence-corrected chi connectivity index (χ3v) is 2.60. The maximum Gasteiger partial charge on any atom is 0.00190 e. The molecule has 2 nitrogen and oxygen atoms in total. The summed E-state index contributed by atoms with van der Waals surface area (Å²) in [7, 11) is 0. The molecule has 10 heavy (non-hydrogen) atoms. The second-order valence-corrected chi connectivity index (χ2v) is 3.27. The fourth-order valence-corrected chi connectivity index (χ4v) is 1.70. The monoisotopic (exact) mass is 214 g/mol. The Balaban J connectivity index is 0.000000500. The van der Waals surface area contributed by atoms with Crippen LogP contribution in [0.2, 0.25) is 0 Å². The van der Waals surface area contributed by atoms with Crippen LogP contribution in [0.15, 0.2) is 0 Å². The van der Waals surface area contributed by atoms with Crippen molar-refractivity contribution in [2.45, 2.75) is 12.8 Å². The van der Waals surface area contributed by atoms with Crippen LogP contribution in [0.1, 0.15) is 12.8 Å². The summed E-state index contributed by atoms with van der Waals surface area (Å²) in [6.45, 7) is 4.73. The Hall–Kier alpha value is 1.02. The molecule has 0 aromatic rings. The van der Waals surface area contributed by atoms with Crippen LogP contribution in [-0.4, -0.2) is 26.2 Å². The van der Waals surface area contributed by atoms with Gasteiger partial charge in [0.2, 0.25) is 0 Å². The number of piperidine rings is 1. The minimum absolute atomic E-state index is 0. The van der Waals surface area contributed by atoms with Gasteiger partial charge in [-0.15, -0.1) is 13.1 Å². The van der Waals surface area contributed by atoms with Crippen LogP contribution >= 0.6 is 0 Å². The molecule has 2 fully saturated rings. The normalized spacial score (nSPS) is 28.8. The van der Waals surface area contributed by atoms with Gasteiger partial charge in [0.1, 0.15) is 0 Å². The van der Waals surface area contributed by atoms with E-state index in [1.807, 2.05) is 0 Å². The summed E-state index contributed by atoms with van der Waals surface area (Å²) in [5.41, 5.74) is 0.696. The first-order valence-electron chi connectivity index (χ1n) is 3.75. The number of nitrogens with one attached hydrogen (secondary N) is 1. The summed E-state index contributed by atoms with van der Waals surface area (Å²) >= 11 is 0. The predicted molar refractivity (Wildman–Crippen MR) is 37.6 cm³/mol. The molecule has 0 bridgehead atoms. The van der Waals surface area contributed by atoms with Crippen molar-refractivity contribution in [3.63, 3.8) is 0 Å². The topological polar surface area (TPSA) is 26.1 Å². The third kappa shape index (κ3) is 1.61. The molecule has 2 saturated heterocycles. The standard InChI is InChI=1S/C7H13N2.Y/c1-3-8-4-2-7(1)5-9-6-7;/h9H,1-6H2;/q-1;. The van der Waals surface area contributed by atoms with Gasteiger partial charge in [-0.1, -0.05) is 12.8 Å². The minimum atomic E-state index is 0. The molecule has 2 aliphatic heterocycles. The van der Waals surface area contributed by atoms with Crippen LogP contribution in [0.5, 0.6) is 0 Å². The molecule has 1 spiro atoms. The molecule has 0 atom stereocenters. The minimum Gasteiger partial charge on any atom is -0.662 e. The maximum atomic E-state index is 4.33. The van der Waals surface area contributed by atoms with E-state index in [1.54, 1.807) is 0 Å². The molecular weight excluding hydrogens is 201 g/mol. The summed E-state index contributed by atoms with van der Waals surface area (Å²) < 4.78 is 0. The first-order valence-corrected chi connectivity index (χ1v) is 3.75. The van der Waals surface area contributed by atoms with E-state index < -0.39 is 0 Å². The molecule has 2 heterocycles. The zero-order valence-electron chi connectivity index (χ0n) is 6.27. The van der Waals surface area contributed by atoms with Crippen LogP contribution in [0, 0.1) is 5.41 Å². The van der Waals surface area contributed by atoms with Gasteiger partial charge < -0.3 is 10.6 Å². The SMILES string of the molecule is C1CC2(CC[N-]1)CNC2.[Y]. The molecule has 2 rings (SSSR count). The number of nitrogens with zero attached hydrogens (tertiary/aromatic N) is 1. The van der Waals surface area contributed by atoms with Gasteiger partial charge in [-0.2, -0.15) is 0 Å². The Morgan fingerprint density at radius 3 is 2.00 bits per heavy atom. The molecule has 1 radical (unpaired) electrons. The molecule has 0 aromatic heterocycles. The van der Waals surface area contributed by atoms with Crippen molar-refractivity contribution in [2.24, 2.45) is 5.41 Å². The summed E-state index contributed by atoms with van der Waals surface area (Å²) in [6.07, 6.45) is 2.67. The fourth-order valence-electron chi connectivity index (χ4n) is 1.70. The summed E-state index contributed by atoms with van der Waals surface area (Å²) in [6, 6.07) is 0. The zero-order chi connectivity index (χ0) is 6.16. The molecule has 1 N–H and O–H groups in total. The van der Waals surface area contributed by atoms with E-state index in [1.165, 1.54) is 25.9 Å². The van der Waals surface area contributed by atoms with Gasteiger partial charge in [0.25, 0.3) is 0 Å². The number of rotatable bonds is 0. The van der Waals surface area contributed by atoms with Crippen LogP contribution in [0.3, 0.4) is 0 Å². The van der Waals surface area contributed by atoms with E-state index in [0.29, 0.717) is 5.41 Å². The molecule has 3 heteroatoms. The van der Waals surface area contributed by atoms with Crippen molar-refractivity contribution in [3.05, 3.63) is 5.32 Å². The van der Waals surface area contributed by atoms with E-state index in [2.05, 4.69) is 10.6 Å². The number of hydrogen-bond donors (Lipinski definition) is 1. The Morgan fingerprint density at radius 2 is 1.70 bits per heavy atom. The van der Waals surface area contributed by atoms with E-state index in [0.717, 1.165) is 13.1 Å². The van der Waals surface area contributed by atoms with Crippen molar-refractivity contribution >= 4 is 0 Å². The second-order valence-electron chi connectivity index (χ2n) is 3.27. The third-order valence-electron chi connectivity index (χ3n) is 2.60. The summed E-state index contributed by atoms with van der Waals surface area (Å²) in [5.74, 6) is 0. The molecule has 55 valence electrons. The van der Waals surface area contributed by atoms with Crippen molar-refractivity contribution in [1.29, 1.82) is 0 Å². The maximum absolute atomic E-state index is 4.33. The Bertz CT molecular complexity index is 104. The predicted octanol–water partition coefficient (Wildman–Crippen LogP) is 0.741. The van der Waals surface area contributed by atoms with Crippen molar-refractivity contribution in [3.8, 4) is 0 Å². The van der Waals surface area contributed by atoms with Crippen LogP contribution < -0.4 is 5.32 Å². The Morgan fingerprint density at radius 1 is 1.10 bits per heavy atom. The molecule has 0 unspecified atom stereocenters. The van der Waals surface area contributed by atoms with Crippen molar-refractivity contribution < 1.29 is 32.7 Å². The smallest absolute Gasteiger partial charge is 0.00190 e. The van der Waals surface area contributed by atoms with E-state index >= 15 is 0 Å². The fraction of sp³-hybridized carbons (Fsp3) is 1.00. The largest absolute Gasteiger partial charge is 0.662 e. The first kappa shape index (κ1) is 9.11. The summed E-state index contributed by atoms with van der Waals surface area (Å²) in [5, 5.41) is 7.66. The molecule has 0 aliphatic carbocycles. The van der Waals surface area contributed by atoms with Crippen LogP contribution in [0.25, 0.3) is 5.32 Å². The van der Waals surface area contributed by atoms with Crippen molar-refractivity contribution in [1.82, 2.24) is 5.32 Å². The van der Waals surface area contributed by atoms with Gasteiger partial charge in [0.15, 0.2) is 0 Å². The average Bonchev–Trinajstić information content (AvgIpc) is 1.87. The zero-order valence-corrected chi connectivity index (χ0v) is 9.11. The molecule has 0 amide bonds. The van der Waals surface area contributed by atoms with Gasteiger partial charge in [-0.25, -0.2) is 0 Å². The Labute approximate surface area is 87.4 Å². The summed E-state index contributed by atoms with van der Waals surface area (Å²) in [4.78, 5) is 0. The van der Waals surface area contributed by atoms with E-state index in [9.17, 15) is 0 Å². The van der Waals surface area contributed by atoms with E-state index in [4.69, 9.17) is 0 Å².